The molecule has 0 amide bonds. The first-order chi connectivity index (χ1) is 8.72. The average Bonchev–Trinajstić information content (AvgIpc) is 2.40. The third kappa shape index (κ3) is 2.85. The number of benzene rings is 2. The van der Waals surface area contributed by atoms with E-state index in [2.05, 4.69) is 6.07 Å². The average molecular weight is 255 g/mol. The van der Waals surface area contributed by atoms with Crippen LogP contribution in [0.4, 0.5) is 0 Å². The Morgan fingerprint density at radius 1 is 1.11 bits per heavy atom. The molecule has 0 aliphatic carbocycles. The Kier molecular flexibility index (Phi) is 3.91. The lowest BCUT2D eigenvalue weighted by atomic mass is 10.2. The Hall–Kier alpha value is -1.92. The fourth-order valence-electron chi connectivity index (χ4n) is 1.58. The highest BCUT2D eigenvalue weighted by Crippen LogP contribution is 2.31. The summed E-state index contributed by atoms with van der Waals surface area (Å²) in [5.41, 5.74) is 1.87. The molecule has 0 unspecified atom stereocenters. The zero-order valence-electron chi connectivity index (χ0n) is 10.3. The second kappa shape index (κ2) is 5.61. The van der Waals surface area contributed by atoms with Crippen molar-refractivity contribution >= 4 is 11.8 Å². The van der Waals surface area contributed by atoms with Gasteiger partial charge in [0.15, 0.2) is 0 Å². The van der Waals surface area contributed by atoms with Gasteiger partial charge in [-0.15, -0.1) is 0 Å². The molecule has 0 aliphatic heterocycles. The van der Waals surface area contributed by atoms with Gasteiger partial charge in [0.25, 0.3) is 0 Å². The van der Waals surface area contributed by atoms with E-state index in [4.69, 9.17) is 10.00 Å². The Balaban J connectivity index is 2.27. The van der Waals surface area contributed by atoms with Crippen molar-refractivity contribution in [2.45, 2.75) is 16.7 Å². The number of aryl methyl sites for hydroxylation is 1. The maximum Gasteiger partial charge on any atom is 0.118 e. The topological polar surface area (TPSA) is 33.0 Å². The van der Waals surface area contributed by atoms with Crippen LogP contribution in [0, 0.1) is 18.3 Å². The number of nitrogens with zero attached hydrogens (tertiary/aromatic N) is 1. The Morgan fingerprint density at radius 3 is 2.44 bits per heavy atom. The van der Waals surface area contributed by atoms with Gasteiger partial charge in [0, 0.05) is 9.79 Å². The predicted molar refractivity (Wildman–Crippen MR) is 73.0 cm³/mol. The molecule has 18 heavy (non-hydrogen) atoms. The van der Waals surface area contributed by atoms with Crippen molar-refractivity contribution in [3.05, 3.63) is 53.6 Å². The molecule has 0 spiro atoms. The number of hydrogen-bond donors (Lipinski definition) is 0. The molecule has 0 heterocycles. The molecule has 0 bridgehead atoms. The van der Waals surface area contributed by atoms with E-state index in [1.807, 2.05) is 49.4 Å². The minimum absolute atomic E-state index is 0.710. The van der Waals surface area contributed by atoms with E-state index < -0.39 is 0 Å². The first-order valence-corrected chi connectivity index (χ1v) is 6.37. The minimum atomic E-state index is 0.710. The van der Waals surface area contributed by atoms with Gasteiger partial charge >= 0.3 is 0 Å². The van der Waals surface area contributed by atoms with Gasteiger partial charge < -0.3 is 4.74 Å². The van der Waals surface area contributed by atoms with Crippen LogP contribution < -0.4 is 4.74 Å². The van der Waals surface area contributed by atoms with Gasteiger partial charge in [0.1, 0.15) is 11.8 Å². The molecule has 0 aromatic heterocycles. The second-order valence-corrected chi connectivity index (χ2v) is 5.00. The smallest absolute Gasteiger partial charge is 0.118 e. The highest BCUT2D eigenvalue weighted by Gasteiger charge is 2.04. The molecule has 3 heteroatoms. The first-order valence-electron chi connectivity index (χ1n) is 5.55. The van der Waals surface area contributed by atoms with Gasteiger partial charge in [-0.2, -0.15) is 5.26 Å². The zero-order chi connectivity index (χ0) is 13.0. The monoisotopic (exact) mass is 255 g/mol. The molecular formula is C15H13NOS. The Labute approximate surface area is 111 Å². The molecule has 0 fully saturated rings. The molecule has 0 atom stereocenters. The molecule has 2 nitrogen and oxygen atoms in total. The zero-order valence-corrected chi connectivity index (χ0v) is 11.1. The van der Waals surface area contributed by atoms with Gasteiger partial charge in [-0.3, -0.25) is 0 Å². The molecule has 0 saturated heterocycles. The normalized spacial score (nSPS) is 9.83. The van der Waals surface area contributed by atoms with Crippen LogP contribution in [0.1, 0.15) is 11.1 Å². The van der Waals surface area contributed by atoms with Crippen molar-refractivity contribution in [1.29, 1.82) is 5.26 Å². The van der Waals surface area contributed by atoms with E-state index in [1.54, 1.807) is 18.9 Å². The molecule has 0 saturated carbocycles. The van der Waals surface area contributed by atoms with E-state index >= 15 is 0 Å². The lowest BCUT2D eigenvalue weighted by Crippen LogP contribution is -1.84. The van der Waals surface area contributed by atoms with Gasteiger partial charge in [-0.25, -0.2) is 0 Å². The van der Waals surface area contributed by atoms with Crippen LogP contribution >= 0.6 is 11.8 Å². The quantitative estimate of drug-likeness (QED) is 0.830. The van der Waals surface area contributed by atoms with Crippen molar-refractivity contribution in [1.82, 2.24) is 0 Å². The third-order valence-electron chi connectivity index (χ3n) is 2.54. The summed E-state index contributed by atoms with van der Waals surface area (Å²) < 4.78 is 5.12. The van der Waals surface area contributed by atoms with E-state index in [0.29, 0.717) is 5.56 Å². The largest absolute Gasteiger partial charge is 0.497 e. The molecule has 0 N–H and O–H groups in total. The SMILES string of the molecule is COc1ccc(Sc2cc(C)ccc2C#N)cc1. The molecule has 2 aromatic rings. The maximum atomic E-state index is 9.09. The van der Waals surface area contributed by atoms with Crippen molar-refractivity contribution in [2.24, 2.45) is 0 Å². The molecule has 90 valence electrons. The fourth-order valence-corrected chi connectivity index (χ4v) is 2.57. The number of ether oxygens (including phenoxy) is 1. The van der Waals surface area contributed by atoms with Gasteiger partial charge in [0.05, 0.1) is 12.7 Å². The van der Waals surface area contributed by atoms with Crippen LogP contribution in [-0.2, 0) is 0 Å². The van der Waals surface area contributed by atoms with Gasteiger partial charge in [0.2, 0.25) is 0 Å². The Morgan fingerprint density at radius 2 is 1.83 bits per heavy atom. The summed E-state index contributed by atoms with van der Waals surface area (Å²) in [4.78, 5) is 2.08. The third-order valence-corrected chi connectivity index (χ3v) is 3.61. The molecule has 2 rings (SSSR count). The maximum absolute atomic E-state index is 9.09. The summed E-state index contributed by atoms with van der Waals surface area (Å²) in [6.45, 7) is 2.03. The van der Waals surface area contributed by atoms with Crippen molar-refractivity contribution in [2.75, 3.05) is 7.11 Å². The number of hydrogen-bond acceptors (Lipinski definition) is 3. The number of nitriles is 1. The van der Waals surface area contributed by atoms with Gasteiger partial charge in [-0.1, -0.05) is 17.8 Å². The van der Waals surface area contributed by atoms with Crippen LogP contribution in [0.15, 0.2) is 52.3 Å². The fraction of sp³-hybridized carbons (Fsp3) is 0.133. The van der Waals surface area contributed by atoms with Crippen LogP contribution in [0.25, 0.3) is 0 Å². The van der Waals surface area contributed by atoms with Crippen LogP contribution in [0.5, 0.6) is 5.75 Å². The lowest BCUT2D eigenvalue weighted by molar-refractivity contribution is 0.414. The van der Waals surface area contributed by atoms with Crippen molar-refractivity contribution in [3.8, 4) is 11.8 Å². The molecular weight excluding hydrogens is 242 g/mol. The van der Waals surface area contributed by atoms with Crippen LogP contribution in [-0.4, -0.2) is 7.11 Å². The summed E-state index contributed by atoms with van der Waals surface area (Å²) in [7, 11) is 1.65. The van der Waals surface area contributed by atoms with E-state index in [1.165, 1.54) is 0 Å². The standard InChI is InChI=1S/C15H13NOS/c1-11-3-4-12(10-16)15(9-11)18-14-7-5-13(17-2)6-8-14/h3-9H,1-2H3. The van der Waals surface area contributed by atoms with Crippen LogP contribution in [0.2, 0.25) is 0 Å². The van der Waals surface area contributed by atoms with E-state index in [-0.39, 0.29) is 0 Å². The highest BCUT2D eigenvalue weighted by molar-refractivity contribution is 7.99. The van der Waals surface area contributed by atoms with Crippen LogP contribution in [0.3, 0.4) is 0 Å². The van der Waals surface area contributed by atoms with E-state index in [9.17, 15) is 0 Å². The van der Waals surface area contributed by atoms with Crippen molar-refractivity contribution < 1.29 is 4.74 Å². The number of rotatable bonds is 3. The highest BCUT2D eigenvalue weighted by atomic mass is 32.2. The summed E-state index contributed by atoms with van der Waals surface area (Å²) >= 11 is 1.59. The molecule has 2 aromatic carbocycles. The van der Waals surface area contributed by atoms with E-state index in [0.717, 1.165) is 21.1 Å². The second-order valence-electron chi connectivity index (χ2n) is 3.89. The number of methoxy groups -OCH3 is 1. The first kappa shape index (κ1) is 12.5. The minimum Gasteiger partial charge on any atom is -0.497 e. The Bertz CT molecular complexity index is 584. The van der Waals surface area contributed by atoms with Gasteiger partial charge in [-0.05, 0) is 48.9 Å². The lowest BCUT2D eigenvalue weighted by Gasteiger charge is -2.06. The predicted octanol–water partition coefficient (Wildman–Crippen LogP) is 4.03. The molecule has 0 aliphatic rings. The summed E-state index contributed by atoms with van der Waals surface area (Å²) in [6, 6.07) is 15.9. The summed E-state index contributed by atoms with van der Waals surface area (Å²) in [5, 5.41) is 9.09. The summed E-state index contributed by atoms with van der Waals surface area (Å²) in [5.74, 6) is 0.837. The molecule has 0 radical (unpaired) electrons. The summed E-state index contributed by atoms with van der Waals surface area (Å²) in [6.07, 6.45) is 0. The van der Waals surface area contributed by atoms with Crippen molar-refractivity contribution in [3.63, 3.8) is 0 Å².